The lowest BCUT2D eigenvalue weighted by Crippen LogP contribution is -2.25. The van der Waals surface area contributed by atoms with Crippen molar-refractivity contribution >= 4 is 5.91 Å². The van der Waals surface area contributed by atoms with Gasteiger partial charge >= 0.3 is 0 Å². The van der Waals surface area contributed by atoms with Gasteiger partial charge < -0.3 is 14.8 Å². The first-order valence-electron chi connectivity index (χ1n) is 11.6. The molecular weight excluding hydrogens is 422 g/mol. The van der Waals surface area contributed by atoms with Crippen LogP contribution in [0.25, 0.3) is 11.1 Å². The minimum absolute atomic E-state index is 0.104. The van der Waals surface area contributed by atoms with Gasteiger partial charge in [0.25, 0.3) is 5.91 Å². The van der Waals surface area contributed by atoms with Crippen molar-refractivity contribution in [2.24, 2.45) is 0 Å². The van der Waals surface area contributed by atoms with Gasteiger partial charge in [-0.2, -0.15) is 0 Å². The highest BCUT2D eigenvalue weighted by molar-refractivity contribution is 5.94. The fourth-order valence-corrected chi connectivity index (χ4v) is 3.73. The quantitative estimate of drug-likeness (QED) is 0.308. The van der Waals surface area contributed by atoms with Crippen LogP contribution in [-0.4, -0.2) is 19.1 Å². The van der Waals surface area contributed by atoms with Crippen LogP contribution in [0.4, 0.5) is 0 Å². The Balaban J connectivity index is 1.40. The Morgan fingerprint density at radius 1 is 0.765 bits per heavy atom. The molecular formula is C30H29NO3. The summed E-state index contributed by atoms with van der Waals surface area (Å²) in [4.78, 5) is 12.7. The van der Waals surface area contributed by atoms with Crippen molar-refractivity contribution in [3.8, 4) is 22.6 Å². The number of nitrogens with one attached hydrogen (secondary N) is 1. The van der Waals surface area contributed by atoms with Crippen LogP contribution in [0.3, 0.4) is 0 Å². The van der Waals surface area contributed by atoms with E-state index in [1.54, 1.807) is 6.07 Å². The van der Waals surface area contributed by atoms with Crippen LogP contribution in [0, 0.1) is 0 Å². The first kappa shape index (κ1) is 23.1. The molecule has 0 saturated heterocycles. The van der Waals surface area contributed by atoms with Gasteiger partial charge in [0.2, 0.25) is 0 Å². The highest BCUT2D eigenvalue weighted by Crippen LogP contribution is 2.25. The van der Waals surface area contributed by atoms with Crippen molar-refractivity contribution in [3.05, 3.63) is 120 Å². The summed E-state index contributed by atoms with van der Waals surface area (Å²) in [6.07, 6.45) is 0.790. The van der Waals surface area contributed by atoms with Crippen LogP contribution in [0.5, 0.6) is 11.5 Å². The molecule has 0 bridgehead atoms. The number of carbonyl (C=O) groups is 1. The first-order valence-corrected chi connectivity index (χ1v) is 11.6. The summed E-state index contributed by atoms with van der Waals surface area (Å²) in [6, 6.07) is 33.8. The molecule has 0 radical (unpaired) electrons. The van der Waals surface area contributed by atoms with E-state index in [-0.39, 0.29) is 5.91 Å². The van der Waals surface area contributed by atoms with Gasteiger partial charge in [-0.15, -0.1) is 0 Å². The second-order valence-corrected chi connectivity index (χ2v) is 7.93. The Kier molecular flexibility index (Phi) is 7.96. The third-order valence-corrected chi connectivity index (χ3v) is 5.52. The molecule has 0 aliphatic carbocycles. The monoisotopic (exact) mass is 451 g/mol. The van der Waals surface area contributed by atoms with Crippen molar-refractivity contribution in [3.63, 3.8) is 0 Å². The Morgan fingerprint density at radius 2 is 1.44 bits per heavy atom. The number of hydrogen-bond donors (Lipinski definition) is 1. The lowest BCUT2D eigenvalue weighted by Gasteiger charge is -2.14. The fraction of sp³-hybridized carbons (Fsp3) is 0.167. The molecule has 0 saturated carbocycles. The van der Waals surface area contributed by atoms with E-state index in [1.807, 2.05) is 79.7 Å². The van der Waals surface area contributed by atoms with E-state index in [9.17, 15) is 4.79 Å². The molecule has 4 aromatic carbocycles. The number of carbonyl (C=O) groups excluding carboxylic acids is 1. The van der Waals surface area contributed by atoms with E-state index in [2.05, 4.69) is 29.6 Å². The Hall–Kier alpha value is -4.05. The predicted molar refractivity (Wildman–Crippen MR) is 136 cm³/mol. The van der Waals surface area contributed by atoms with Gasteiger partial charge in [0.15, 0.2) is 0 Å². The van der Waals surface area contributed by atoms with Crippen molar-refractivity contribution < 1.29 is 14.3 Å². The largest absolute Gasteiger partial charge is 0.493 e. The van der Waals surface area contributed by atoms with Crippen molar-refractivity contribution in [2.75, 3.05) is 13.2 Å². The lowest BCUT2D eigenvalue weighted by molar-refractivity contribution is 0.0954. The molecule has 34 heavy (non-hydrogen) atoms. The molecule has 4 nitrogen and oxygen atoms in total. The molecule has 1 amide bonds. The second-order valence-electron chi connectivity index (χ2n) is 7.93. The third kappa shape index (κ3) is 6.26. The van der Waals surface area contributed by atoms with E-state index in [1.165, 1.54) is 11.1 Å². The summed E-state index contributed by atoms with van der Waals surface area (Å²) in [5.41, 5.74) is 4.93. The number of rotatable bonds is 10. The van der Waals surface area contributed by atoms with Crippen molar-refractivity contribution in [1.82, 2.24) is 5.32 Å². The van der Waals surface area contributed by atoms with E-state index in [4.69, 9.17) is 9.47 Å². The average Bonchev–Trinajstić information content (AvgIpc) is 2.89. The van der Waals surface area contributed by atoms with Crippen LogP contribution >= 0.6 is 0 Å². The number of hydrogen-bond acceptors (Lipinski definition) is 3. The molecule has 0 aliphatic heterocycles. The molecule has 4 aromatic rings. The van der Waals surface area contributed by atoms with Gasteiger partial charge in [0.05, 0.1) is 6.61 Å². The van der Waals surface area contributed by atoms with Crippen molar-refractivity contribution in [1.29, 1.82) is 0 Å². The highest BCUT2D eigenvalue weighted by Gasteiger charge is 2.11. The average molecular weight is 452 g/mol. The molecule has 1 N–H and O–H groups in total. The Morgan fingerprint density at radius 3 is 2.15 bits per heavy atom. The lowest BCUT2D eigenvalue weighted by atomic mass is 10.1. The molecule has 0 heterocycles. The Bertz CT molecular complexity index is 1190. The van der Waals surface area contributed by atoms with E-state index < -0.39 is 0 Å². The first-order chi connectivity index (χ1) is 16.7. The number of benzene rings is 4. The molecule has 0 unspecified atom stereocenters. The smallest absolute Gasteiger partial charge is 0.251 e. The van der Waals surface area contributed by atoms with Crippen LogP contribution < -0.4 is 14.8 Å². The molecule has 0 spiro atoms. The van der Waals surface area contributed by atoms with Gasteiger partial charge in [-0.25, -0.2) is 0 Å². The van der Waals surface area contributed by atoms with Crippen LogP contribution in [0.1, 0.15) is 28.4 Å². The van der Waals surface area contributed by atoms with Gasteiger partial charge in [-0.05, 0) is 60.4 Å². The molecule has 4 heteroatoms. The van der Waals surface area contributed by atoms with Gasteiger partial charge in [0, 0.05) is 17.7 Å². The van der Waals surface area contributed by atoms with Crippen LogP contribution in [0.2, 0.25) is 0 Å². The summed E-state index contributed by atoms with van der Waals surface area (Å²) in [5.74, 6) is 1.39. The minimum Gasteiger partial charge on any atom is -0.493 e. The predicted octanol–water partition coefficient (Wildman–Crippen LogP) is 6.30. The third-order valence-electron chi connectivity index (χ3n) is 5.52. The number of ether oxygens (including phenoxy) is 2. The molecule has 0 fully saturated rings. The van der Waals surface area contributed by atoms with Gasteiger partial charge in [-0.3, -0.25) is 4.79 Å². The summed E-state index contributed by atoms with van der Waals surface area (Å²) in [6.45, 7) is 3.37. The SMILES string of the molecule is CCOc1ccc(C(=O)NCCc2ccccc2)cc1COc1ccc(-c2ccccc2)cc1. The molecule has 4 rings (SSSR count). The summed E-state index contributed by atoms with van der Waals surface area (Å²) < 4.78 is 11.8. The zero-order valence-electron chi connectivity index (χ0n) is 19.4. The molecule has 0 aliphatic rings. The van der Waals surface area contributed by atoms with Gasteiger partial charge in [0.1, 0.15) is 18.1 Å². The molecule has 172 valence electrons. The normalized spacial score (nSPS) is 10.5. The molecule has 0 atom stereocenters. The maximum atomic E-state index is 12.7. The zero-order valence-corrected chi connectivity index (χ0v) is 19.4. The molecule has 0 aromatic heterocycles. The maximum Gasteiger partial charge on any atom is 0.251 e. The van der Waals surface area contributed by atoms with Crippen LogP contribution in [-0.2, 0) is 13.0 Å². The summed E-state index contributed by atoms with van der Waals surface area (Å²) >= 11 is 0. The minimum atomic E-state index is -0.104. The standard InChI is InChI=1S/C30H29NO3/c1-2-33-29-18-15-26(30(32)31-20-19-23-9-5-3-6-10-23)21-27(29)22-34-28-16-13-25(14-17-28)24-11-7-4-8-12-24/h3-18,21H,2,19-20,22H2,1H3,(H,31,32). The Labute approximate surface area is 201 Å². The maximum absolute atomic E-state index is 12.7. The fourth-order valence-electron chi connectivity index (χ4n) is 3.73. The van der Waals surface area contributed by atoms with Crippen LogP contribution in [0.15, 0.2) is 103 Å². The van der Waals surface area contributed by atoms with E-state index in [0.29, 0.717) is 25.3 Å². The van der Waals surface area contributed by atoms with Gasteiger partial charge in [-0.1, -0.05) is 72.8 Å². The van der Waals surface area contributed by atoms with Crippen molar-refractivity contribution in [2.45, 2.75) is 20.0 Å². The summed E-state index contributed by atoms with van der Waals surface area (Å²) in [5, 5.41) is 3.00. The van der Waals surface area contributed by atoms with E-state index >= 15 is 0 Å². The second kappa shape index (κ2) is 11.7. The topological polar surface area (TPSA) is 47.6 Å². The zero-order chi connectivity index (χ0) is 23.6. The number of amides is 1. The summed E-state index contributed by atoms with van der Waals surface area (Å²) in [7, 11) is 0. The highest BCUT2D eigenvalue weighted by atomic mass is 16.5. The van der Waals surface area contributed by atoms with E-state index in [0.717, 1.165) is 29.0 Å².